The summed E-state index contributed by atoms with van der Waals surface area (Å²) in [7, 11) is 0. The number of fused-ring (bicyclic) bond motifs is 2. The van der Waals surface area contributed by atoms with E-state index in [9.17, 15) is 0 Å². The molecule has 0 bridgehead atoms. The minimum absolute atomic E-state index is 0.109. The van der Waals surface area contributed by atoms with Crippen molar-refractivity contribution in [1.29, 1.82) is 0 Å². The van der Waals surface area contributed by atoms with Crippen LogP contribution in [-0.2, 0) is 0 Å². The molecule has 3 aromatic carbocycles. The van der Waals surface area contributed by atoms with Gasteiger partial charge in [-0.15, -0.1) is 0 Å². The van der Waals surface area contributed by atoms with E-state index >= 15 is 0 Å². The van der Waals surface area contributed by atoms with Gasteiger partial charge in [-0.3, -0.25) is 0 Å². The van der Waals surface area contributed by atoms with Gasteiger partial charge in [-0.1, -0.05) is 48.5 Å². The highest BCUT2D eigenvalue weighted by molar-refractivity contribution is 6.11. The zero-order chi connectivity index (χ0) is 16.8. The van der Waals surface area contributed by atoms with Crippen LogP contribution < -0.4 is 9.47 Å². The molecular formula is C20H22O4. The van der Waals surface area contributed by atoms with Crippen LogP contribution in [0.15, 0.2) is 48.5 Å². The predicted molar refractivity (Wildman–Crippen MR) is 95.8 cm³/mol. The Labute approximate surface area is 141 Å². The standard InChI is InChI=1S/C20H22O4/c21-11-5-13-23-19-15-7-1-2-8-16(15)20(24-14-6-12-22)18-10-4-3-9-17(18)19/h1-4,7-10,21-22H,5-6,11-14H2. The van der Waals surface area contributed by atoms with Crippen LogP contribution in [0.25, 0.3) is 21.5 Å². The molecule has 24 heavy (non-hydrogen) atoms. The van der Waals surface area contributed by atoms with Gasteiger partial charge in [-0.05, 0) is 0 Å². The molecular weight excluding hydrogens is 304 g/mol. The summed E-state index contributed by atoms with van der Waals surface area (Å²) in [6.07, 6.45) is 1.19. The highest BCUT2D eigenvalue weighted by Gasteiger charge is 2.15. The first-order valence-corrected chi connectivity index (χ1v) is 8.27. The fraction of sp³-hybridized carbons (Fsp3) is 0.300. The second-order valence-electron chi connectivity index (χ2n) is 5.60. The van der Waals surface area contributed by atoms with Crippen LogP contribution in [0, 0.1) is 0 Å². The molecule has 0 spiro atoms. The molecule has 0 radical (unpaired) electrons. The number of rotatable bonds is 8. The van der Waals surface area contributed by atoms with Crippen molar-refractivity contribution in [3.05, 3.63) is 48.5 Å². The molecule has 0 fully saturated rings. The fourth-order valence-electron chi connectivity index (χ4n) is 2.84. The van der Waals surface area contributed by atoms with Gasteiger partial charge < -0.3 is 19.7 Å². The summed E-state index contributed by atoms with van der Waals surface area (Å²) in [5.41, 5.74) is 0. The first-order chi connectivity index (χ1) is 11.9. The van der Waals surface area contributed by atoms with Gasteiger partial charge in [0.15, 0.2) is 0 Å². The van der Waals surface area contributed by atoms with E-state index in [0.29, 0.717) is 26.1 Å². The van der Waals surface area contributed by atoms with Crippen molar-refractivity contribution in [3.8, 4) is 11.5 Å². The molecule has 0 aromatic heterocycles. The first kappa shape index (κ1) is 16.6. The molecule has 3 aromatic rings. The Morgan fingerprint density at radius 3 is 1.21 bits per heavy atom. The van der Waals surface area contributed by atoms with E-state index in [-0.39, 0.29) is 13.2 Å². The molecule has 3 rings (SSSR count). The maximum absolute atomic E-state index is 9.02. The summed E-state index contributed by atoms with van der Waals surface area (Å²) in [6, 6.07) is 16.0. The Hall–Kier alpha value is -2.30. The van der Waals surface area contributed by atoms with E-state index < -0.39 is 0 Å². The van der Waals surface area contributed by atoms with Crippen molar-refractivity contribution in [2.75, 3.05) is 26.4 Å². The Balaban J connectivity index is 2.17. The third kappa shape index (κ3) is 3.30. The van der Waals surface area contributed by atoms with Gasteiger partial charge in [0.05, 0.1) is 13.2 Å². The highest BCUT2D eigenvalue weighted by Crippen LogP contribution is 2.42. The SMILES string of the molecule is OCCCOc1c2ccccc2c(OCCCO)c2ccccc12. The molecule has 0 saturated carbocycles. The first-order valence-electron chi connectivity index (χ1n) is 8.27. The lowest BCUT2D eigenvalue weighted by Gasteiger charge is -2.17. The van der Waals surface area contributed by atoms with Crippen LogP contribution in [0.2, 0.25) is 0 Å². The average Bonchev–Trinajstić information content (AvgIpc) is 2.63. The van der Waals surface area contributed by atoms with Crippen LogP contribution in [0.5, 0.6) is 11.5 Å². The van der Waals surface area contributed by atoms with Crippen molar-refractivity contribution in [1.82, 2.24) is 0 Å². The van der Waals surface area contributed by atoms with E-state index in [2.05, 4.69) is 0 Å². The van der Waals surface area contributed by atoms with Crippen molar-refractivity contribution in [2.24, 2.45) is 0 Å². The van der Waals surface area contributed by atoms with Crippen LogP contribution in [0.3, 0.4) is 0 Å². The van der Waals surface area contributed by atoms with Gasteiger partial charge in [0, 0.05) is 47.6 Å². The number of hydrogen-bond acceptors (Lipinski definition) is 4. The van der Waals surface area contributed by atoms with E-state index in [1.165, 1.54) is 0 Å². The molecule has 0 aliphatic rings. The number of ether oxygens (including phenoxy) is 2. The van der Waals surface area contributed by atoms with Crippen molar-refractivity contribution in [2.45, 2.75) is 12.8 Å². The molecule has 0 heterocycles. The second kappa shape index (κ2) is 7.99. The quantitative estimate of drug-likeness (QED) is 0.491. The Morgan fingerprint density at radius 1 is 0.583 bits per heavy atom. The molecule has 0 aliphatic carbocycles. The lowest BCUT2D eigenvalue weighted by atomic mass is 10.0. The second-order valence-corrected chi connectivity index (χ2v) is 5.60. The Kier molecular flexibility index (Phi) is 5.51. The van der Waals surface area contributed by atoms with E-state index in [4.69, 9.17) is 19.7 Å². The smallest absolute Gasteiger partial charge is 0.135 e. The number of aliphatic hydroxyl groups is 2. The van der Waals surface area contributed by atoms with Gasteiger partial charge in [-0.2, -0.15) is 0 Å². The maximum atomic E-state index is 9.02. The van der Waals surface area contributed by atoms with E-state index in [0.717, 1.165) is 33.0 Å². The van der Waals surface area contributed by atoms with Gasteiger partial charge in [0.2, 0.25) is 0 Å². The molecule has 4 heteroatoms. The zero-order valence-electron chi connectivity index (χ0n) is 13.6. The lowest BCUT2D eigenvalue weighted by Crippen LogP contribution is -2.03. The van der Waals surface area contributed by atoms with Crippen LogP contribution >= 0.6 is 0 Å². The summed E-state index contributed by atoms with van der Waals surface area (Å²) < 4.78 is 12.0. The number of benzene rings is 3. The van der Waals surface area contributed by atoms with Gasteiger partial charge in [0.25, 0.3) is 0 Å². The van der Waals surface area contributed by atoms with Crippen LogP contribution in [-0.4, -0.2) is 36.6 Å². The molecule has 0 aliphatic heterocycles. The summed E-state index contributed by atoms with van der Waals surface area (Å²) in [5, 5.41) is 22.0. The third-order valence-electron chi connectivity index (χ3n) is 3.93. The van der Waals surface area contributed by atoms with Gasteiger partial charge in [-0.25, -0.2) is 0 Å². The number of aliphatic hydroxyl groups excluding tert-OH is 2. The van der Waals surface area contributed by atoms with Crippen molar-refractivity contribution >= 4 is 21.5 Å². The van der Waals surface area contributed by atoms with E-state index in [1.54, 1.807) is 0 Å². The molecule has 0 atom stereocenters. The molecule has 0 unspecified atom stereocenters. The predicted octanol–water partition coefficient (Wildman–Crippen LogP) is 3.52. The van der Waals surface area contributed by atoms with E-state index in [1.807, 2.05) is 48.5 Å². The van der Waals surface area contributed by atoms with Gasteiger partial charge in [0.1, 0.15) is 11.5 Å². The van der Waals surface area contributed by atoms with Gasteiger partial charge >= 0.3 is 0 Å². The lowest BCUT2D eigenvalue weighted by molar-refractivity contribution is 0.234. The highest BCUT2D eigenvalue weighted by atomic mass is 16.5. The summed E-state index contributed by atoms with van der Waals surface area (Å²) in [4.78, 5) is 0. The molecule has 0 saturated heterocycles. The average molecular weight is 326 g/mol. The zero-order valence-corrected chi connectivity index (χ0v) is 13.6. The maximum Gasteiger partial charge on any atom is 0.135 e. The molecule has 4 nitrogen and oxygen atoms in total. The van der Waals surface area contributed by atoms with Crippen LogP contribution in [0.1, 0.15) is 12.8 Å². The van der Waals surface area contributed by atoms with Crippen LogP contribution in [0.4, 0.5) is 0 Å². The monoisotopic (exact) mass is 326 g/mol. The molecule has 0 amide bonds. The summed E-state index contributed by atoms with van der Waals surface area (Å²) in [5.74, 6) is 1.65. The normalized spacial score (nSPS) is 11.1. The Bertz CT molecular complexity index is 688. The third-order valence-corrected chi connectivity index (χ3v) is 3.93. The minimum Gasteiger partial charge on any atom is -0.492 e. The Morgan fingerprint density at radius 2 is 0.917 bits per heavy atom. The molecule has 126 valence electrons. The summed E-state index contributed by atoms with van der Waals surface area (Å²) >= 11 is 0. The number of hydrogen-bond donors (Lipinski definition) is 2. The molecule has 2 N–H and O–H groups in total. The van der Waals surface area contributed by atoms with Crippen molar-refractivity contribution < 1.29 is 19.7 Å². The largest absolute Gasteiger partial charge is 0.492 e. The topological polar surface area (TPSA) is 58.9 Å². The minimum atomic E-state index is 0.109. The van der Waals surface area contributed by atoms with Crippen molar-refractivity contribution in [3.63, 3.8) is 0 Å². The summed E-state index contributed by atoms with van der Waals surface area (Å²) in [6.45, 7) is 1.15. The fourth-order valence-corrected chi connectivity index (χ4v) is 2.84.